The SMILES string of the molecule is CCc1nc2c(OCC3CCCCC3)cccn2c1N(C)C(=O)c1ccc(C)cc1. The van der Waals surface area contributed by atoms with Crippen molar-refractivity contribution in [2.24, 2.45) is 5.92 Å². The standard InChI is InChI=1S/C25H31N3O2/c1-4-21-24(27(3)25(29)20-14-12-18(2)13-15-20)28-16-8-11-22(23(28)26-21)30-17-19-9-6-5-7-10-19/h8,11-16,19H,4-7,9-10,17H2,1-3H3. The fraction of sp³-hybridized carbons (Fsp3) is 0.440. The second kappa shape index (κ2) is 8.90. The van der Waals surface area contributed by atoms with Crippen LogP contribution in [0.25, 0.3) is 5.65 Å². The highest BCUT2D eigenvalue weighted by Gasteiger charge is 2.23. The van der Waals surface area contributed by atoms with Gasteiger partial charge in [-0.25, -0.2) is 4.98 Å². The van der Waals surface area contributed by atoms with E-state index in [0.29, 0.717) is 11.5 Å². The van der Waals surface area contributed by atoms with Crippen molar-refractivity contribution in [1.82, 2.24) is 9.38 Å². The maximum atomic E-state index is 13.1. The van der Waals surface area contributed by atoms with Gasteiger partial charge in [0.05, 0.1) is 12.3 Å². The van der Waals surface area contributed by atoms with Crippen LogP contribution in [0.4, 0.5) is 5.82 Å². The lowest BCUT2D eigenvalue weighted by Gasteiger charge is -2.22. The molecule has 0 spiro atoms. The molecule has 2 aromatic heterocycles. The summed E-state index contributed by atoms with van der Waals surface area (Å²) in [4.78, 5) is 19.7. The van der Waals surface area contributed by atoms with E-state index in [-0.39, 0.29) is 5.91 Å². The minimum Gasteiger partial charge on any atom is -0.489 e. The molecule has 5 nitrogen and oxygen atoms in total. The first-order chi connectivity index (χ1) is 14.6. The van der Waals surface area contributed by atoms with E-state index in [1.807, 2.05) is 61.0 Å². The van der Waals surface area contributed by atoms with Gasteiger partial charge in [0.25, 0.3) is 5.91 Å². The molecule has 0 unspecified atom stereocenters. The number of hydrogen-bond donors (Lipinski definition) is 0. The van der Waals surface area contributed by atoms with Crippen molar-refractivity contribution in [2.45, 2.75) is 52.4 Å². The molecule has 0 N–H and O–H groups in total. The second-order valence-corrected chi connectivity index (χ2v) is 8.35. The Labute approximate surface area is 178 Å². The molecule has 2 heterocycles. The van der Waals surface area contributed by atoms with Crippen LogP contribution in [0.5, 0.6) is 5.75 Å². The molecule has 5 heteroatoms. The van der Waals surface area contributed by atoms with Gasteiger partial charge in [0, 0.05) is 18.8 Å². The Morgan fingerprint density at radius 2 is 1.90 bits per heavy atom. The summed E-state index contributed by atoms with van der Waals surface area (Å²) in [6.45, 7) is 4.83. The Kier molecular flexibility index (Phi) is 6.07. The van der Waals surface area contributed by atoms with E-state index in [1.54, 1.807) is 4.90 Å². The van der Waals surface area contributed by atoms with Crippen LogP contribution in [0.1, 0.15) is 60.6 Å². The number of hydrogen-bond acceptors (Lipinski definition) is 3. The number of rotatable bonds is 6. The van der Waals surface area contributed by atoms with E-state index in [1.165, 1.54) is 32.1 Å². The Balaban J connectivity index is 1.64. The Hall–Kier alpha value is -2.82. The minimum atomic E-state index is -0.0416. The number of imidazole rings is 1. The van der Waals surface area contributed by atoms with Crippen molar-refractivity contribution in [2.75, 3.05) is 18.6 Å². The number of pyridine rings is 1. The van der Waals surface area contributed by atoms with Crippen molar-refractivity contribution < 1.29 is 9.53 Å². The third-order valence-electron chi connectivity index (χ3n) is 6.11. The zero-order valence-corrected chi connectivity index (χ0v) is 18.2. The molecule has 1 aliphatic rings. The van der Waals surface area contributed by atoms with Gasteiger partial charge < -0.3 is 4.74 Å². The summed E-state index contributed by atoms with van der Waals surface area (Å²) in [5.74, 6) is 2.19. The predicted octanol–water partition coefficient (Wildman–Crippen LogP) is 5.44. The van der Waals surface area contributed by atoms with E-state index >= 15 is 0 Å². The highest BCUT2D eigenvalue weighted by Crippen LogP contribution is 2.30. The average molecular weight is 406 g/mol. The third kappa shape index (κ3) is 4.07. The van der Waals surface area contributed by atoms with Crippen molar-refractivity contribution in [3.05, 3.63) is 59.4 Å². The normalized spacial score (nSPS) is 14.8. The zero-order chi connectivity index (χ0) is 21.1. The van der Waals surface area contributed by atoms with E-state index < -0.39 is 0 Å². The van der Waals surface area contributed by atoms with Crippen LogP contribution < -0.4 is 9.64 Å². The van der Waals surface area contributed by atoms with Crippen LogP contribution in [-0.2, 0) is 6.42 Å². The third-order valence-corrected chi connectivity index (χ3v) is 6.11. The van der Waals surface area contributed by atoms with Crippen molar-refractivity contribution >= 4 is 17.4 Å². The van der Waals surface area contributed by atoms with Crippen LogP contribution in [-0.4, -0.2) is 28.9 Å². The number of fused-ring (bicyclic) bond motifs is 1. The smallest absolute Gasteiger partial charge is 0.259 e. The molecule has 4 rings (SSSR count). The van der Waals surface area contributed by atoms with Gasteiger partial charge >= 0.3 is 0 Å². The van der Waals surface area contributed by atoms with Gasteiger partial charge in [0.2, 0.25) is 0 Å². The number of carbonyl (C=O) groups is 1. The highest BCUT2D eigenvalue weighted by molar-refractivity contribution is 6.05. The van der Waals surface area contributed by atoms with Gasteiger partial charge in [-0.05, 0) is 56.4 Å². The zero-order valence-electron chi connectivity index (χ0n) is 18.2. The van der Waals surface area contributed by atoms with Gasteiger partial charge in [-0.15, -0.1) is 0 Å². The summed E-state index contributed by atoms with van der Waals surface area (Å²) in [5, 5.41) is 0. The largest absolute Gasteiger partial charge is 0.489 e. The number of amides is 1. The quantitative estimate of drug-likeness (QED) is 0.548. The van der Waals surface area contributed by atoms with Crippen molar-refractivity contribution in [1.29, 1.82) is 0 Å². The van der Waals surface area contributed by atoms with Crippen LogP contribution in [0.3, 0.4) is 0 Å². The molecule has 0 radical (unpaired) electrons. The van der Waals surface area contributed by atoms with Gasteiger partial charge in [0.15, 0.2) is 11.4 Å². The van der Waals surface area contributed by atoms with Gasteiger partial charge in [0.1, 0.15) is 5.82 Å². The first-order valence-corrected chi connectivity index (χ1v) is 11.1. The monoisotopic (exact) mass is 405 g/mol. The molecular formula is C25H31N3O2. The van der Waals surface area contributed by atoms with Crippen LogP contribution in [0, 0.1) is 12.8 Å². The number of benzene rings is 1. The average Bonchev–Trinajstić information content (AvgIpc) is 3.17. The molecule has 0 aliphatic heterocycles. The lowest BCUT2D eigenvalue weighted by atomic mass is 9.90. The fourth-order valence-electron chi connectivity index (χ4n) is 4.33. The number of nitrogens with zero attached hydrogens (tertiary/aromatic N) is 3. The molecule has 1 aromatic carbocycles. The minimum absolute atomic E-state index is 0.0416. The lowest BCUT2D eigenvalue weighted by molar-refractivity contribution is 0.0992. The summed E-state index contributed by atoms with van der Waals surface area (Å²) in [6.07, 6.45) is 9.15. The predicted molar refractivity (Wildman–Crippen MR) is 121 cm³/mol. The summed E-state index contributed by atoms with van der Waals surface area (Å²) in [7, 11) is 1.82. The summed E-state index contributed by atoms with van der Waals surface area (Å²) < 4.78 is 8.21. The van der Waals surface area contributed by atoms with Gasteiger partial charge in [-0.3, -0.25) is 14.1 Å². The molecule has 158 valence electrons. The van der Waals surface area contributed by atoms with Gasteiger partial charge in [-0.1, -0.05) is 43.9 Å². The Morgan fingerprint density at radius 3 is 2.60 bits per heavy atom. The Bertz CT molecular complexity index is 1020. The lowest BCUT2D eigenvalue weighted by Crippen LogP contribution is -2.28. The highest BCUT2D eigenvalue weighted by atomic mass is 16.5. The van der Waals surface area contributed by atoms with Crippen LogP contribution in [0.2, 0.25) is 0 Å². The molecule has 1 amide bonds. The topological polar surface area (TPSA) is 46.8 Å². The molecule has 0 atom stereocenters. The van der Waals surface area contributed by atoms with Crippen molar-refractivity contribution in [3.8, 4) is 5.75 Å². The van der Waals surface area contributed by atoms with E-state index in [4.69, 9.17) is 9.72 Å². The van der Waals surface area contributed by atoms with E-state index in [2.05, 4.69) is 6.92 Å². The first kappa shape index (κ1) is 20.5. The number of aromatic nitrogens is 2. The molecule has 1 saturated carbocycles. The van der Waals surface area contributed by atoms with Crippen LogP contribution in [0.15, 0.2) is 42.6 Å². The summed E-state index contributed by atoms with van der Waals surface area (Å²) in [5.41, 5.74) is 3.48. The fourth-order valence-corrected chi connectivity index (χ4v) is 4.33. The summed E-state index contributed by atoms with van der Waals surface area (Å²) >= 11 is 0. The molecular weight excluding hydrogens is 374 g/mol. The maximum absolute atomic E-state index is 13.1. The molecule has 30 heavy (non-hydrogen) atoms. The molecule has 1 fully saturated rings. The number of ether oxygens (including phenoxy) is 1. The second-order valence-electron chi connectivity index (χ2n) is 8.35. The van der Waals surface area contributed by atoms with E-state index in [9.17, 15) is 4.79 Å². The van der Waals surface area contributed by atoms with E-state index in [0.717, 1.165) is 41.5 Å². The number of carbonyl (C=O) groups excluding carboxylic acids is 1. The number of anilines is 1. The molecule has 1 aliphatic carbocycles. The molecule has 0 saturated heterocycles. The van der Waals surface area contributed by atoms with Gasteiger partial charge in [-0.2, -0.15) is 0 Å². The first-order valence-electron chi connectivity index (χ1n) is 11.1. The molecule has 0 bridgehead atoms. The number of aryl methyl sites for hydroxylation is 2. The van der Waals surface area contributed by atoms with Crippen LogP contribution >= 0.6 is 0 Å². The summed E-state index contributed by atoms with van der Waals surface area (Å²) in [6, 6.07) is 11.6. The maximum Gasteiger partial charge on any atom is 0.259 e. The Morgan fingerprint density at radius 1 is 1.17 bits per heavy atom. The molecule has 3 aromatic rings. The van der Waals surface area contributed by atoms with Crippen molar-refractivity contribution in [3.63, 3.8) is 0 Å².